The van der Waals surface area contributed by atoms with Gasteiger partial charge in [-0.05, 0) is 43.3 Å². The SMILES string of the molecule is C[C@]1(c2cc3ccccc3o2)NC(=O)N(Cc2nnc(-c3ccc(Br)cc3)o2)C1=O. The lowest BCUT2D eigenvalue weighted by Gasteiger charge is -2.18. The minimum Gasteiger partial charge on any atom is -0.458 e. The molecule has 2 aromatic carbocycles. The lowest BCUT2D eigenvalue weighted by atomic mass is 9.99. The van der Waals surface area contributed by atoms with Crippen molar-refractivity contribution in [2.75, 3.05) is 0 Å². The van der Waals surface area contributed by atoms with Gasteiger partial charge >= 0.3 is 6.03 Å². The zero-order valence-electron chi connectivity index (χ0n) is 15.8. The van der Waals surface area contributed by atoms with Gasteiger partial charge in [-0.3, -0.25) is 9.69 Å². The number of imide groups is 1. The third-order valence-electron chi connectivity index (χ3n) is 5.04. The fourth-order valence-electron chi connectivity index (χ4n) is 3.40. The summed E-state index contributed by atoms with van der Waals surface area (Å²) in [5.41, 5.74) is 0.0662. The number of aromatic nitrogens is 2. The molecule has 0 bridgehead atoms. The third-order valence-corrected chi connectivity index (χ3v) is 5.57. The summed E-state index contributed by atoms with van der Waals surface area (Å²) in [7, 11) is 0. The number of rotatable bonds is 4. The molecule has 0 saturated carbocycles. The molecule has 9 heteroatoms. The number of benzene rings is 2. The van der Waals surface area contributed by atoms with E-state index in [1.807, 2.05) is 48.5 Å². The maximum Gasteiger partial charge on any atom is 0.325 e. The van der Waals surface area contributed by atoms with Gasteiger partial charge < -0.3 is 14.2 Å². The Hall–Kier alpha value is -3.46. The van der Waals surface area contributed by atoms with Gasteiger partial charge in [-0.2, -0.15) is 0 Å². The van der Waals surface area contributed by atoms with Gasteiger partial charge in [-0.25, -0.2) is 4.79 Å². The maximum atomic E-state index is 13.1. The fourth-order valence-corrected chi connectivity index (χ4v) is 3.66. The molecule has 4 aromatic rings. The Morgan fingerprint density at radius 1 is 1.07 bits per heavy atom. The smallest absolute Gasteiger partial charge is 0.325 e. The van der Waals surface area contributed by atoms with Crippen molar-refractivity contribution >= 4 is 38.8 Å². The maximum absolute atomic E-state index is 13.1. The van der Waals surface area contributed by atoms with E-state index in [4.69, 9.17) is 8.83 Å². The number of carbonyl (C=O) groups is 2. The lowest BCUT2D eigenvalue weighted by molar-refractivity contribution is -0.132. The number of nitrogens with zero attached hydrogens (tertiary/aromatic N) is 3. The summed E-state index contributed by atoms with van der Waals surface area (Å²) in [5.74, 6) is 0.385. The van der Waals surface area contributed by atoms with E-state index in [1.54, 1.807) is 13.0 Å². The van der Waals surface area contributed by atoms with Crippen molar-refractivity contribution in [3.63, 3.8) is 0 Å². The number of amides is 3. The first-order valence-corrected chi connectivity index (χ1v) is 9.95. The quantitative estimate of drug-likeness (QED) is 0.452. The van der Waals surface area contributed by atoms with Gasteiger partial charge in [0, 0.05) is 15.4 Å². The van der Waals surface area contributed by atoms with Gasteiger partial charge in [-0.1, -0.05) is 34.1 Å². The van der Waals surface area contributed by atoms with E-state index in [2.05, 4.69) is 31.4 Å². The van der Waals surface area contributed by atoms with Crippen molar-refractivity contribution < 1.29 is 18.4 Å². The minimum absolute atomic E-state index is 0.135. The normalized spacial score (nSPS) is 18.9. The minimum atomic E-state index is -1.31. The summed E-state index contributed by atoms with van der Waals surface area (Å²) in [6.45, 7) is 1.48. The van der Waals surface area contributed by atoms with Gasteiger partial charge in [0.05, 0.1) is 0 Å². The van der Waals surface area contributed by atoms with E-state index in [9.17, 15) is 9.59 Å². The predicted molar refractivity (Wildman–Crippen MR) is 110 cm³/mol. The van der Waals surface area contributed by atoms with Crippen LogP contribution in [0.5, 0.6) is 0 Å². The molecular formula is C21H15BrN4O4. The number of para-hydroxylation sites is 1. The van der Waals surface area contributed by atoms with Crippen molar-refractivity contribution in [3.05, 3.63) is 70.7 Å². The number of furan rings is 1. The van der Waals surface area contributed by atoms with Crippen LogP contribution in [0, 0.1) is 0 Å². The Labute approximate surface area is 179 Å². The topological polar surface area (TPSA) is 101 Å². The summed E-state index contributed by atoms with van der Waals surface area (Å²) >= 11 is 3.37. The summed E-state index contributed by atoms with van der Waals surface area (Å²) < 4.78 is 12.4. The second-order valence-electron chi connectivity index (χ2n) is 7.10. The van der Waals surface area contributed by atoms with Crippen molar-refractivity contribution in [1.82, 2.24) is 20.4 Å². The van der Waals surface area contributed by atoms with E-state index in [0.717, 1.165) is 20.3 Å². The molecule has 1 aliphatic rings. The molecule has 0 spiro atoms. The van der Waals surface area contributed by atoms with E-state index in [1.165, 1.54) is 0 Å². The molecule has 30 heavy (non-hydrogen) atoms. The van der Waals surface area contributed by atoms with Crippen LogP contribution in [-0.4, -0.2) is 27.0 Å². The molecule has 0 aliphatic carbocycles. The van der Waals surface area contributed by atoms with Crippen LogP contribution in [0.15, 0.2) is 67.9 Å². The Balaban J connectivity index is 1.40. The molecule has 0 radical (unpaired) electrons. The van der Waals surface area contributed by atoms with E-state index < -0.39 is 17.5 Å². The van der Waals surface area contributed by atoms with Gasteiger partial charge in [0.25, 0.3) is 5.91 Å². The first-order valence-electron chi connectivity index (χ1n) is 9.15. The summed E-state index contributed by atoms with van der Waals surface area (Å²) in [5, 5.41) is 11.6. The number of nitrogens with one attached hydrogen (secondary N) is 1. The Bertz CT molecular complexity index is 1250. The number of fused-ring (bicyclic) bond motifs is 1. The highest BCUT2D eigenvalue weighted by Crippen LogP contribution is 2.33. The number of urea groups is 1. The molecule has 150 valence electrons. The van der Waals surface area contributed by atoms with Crippen LogP contribution in [0.25, 0.3) is 22.4 Å². The molecule has 5 rings (SSSR count). The van der Waals surface area contributed by atoms with Crippen molar-refractivity contribution in [2.24, 2.45) is 0 Å². The zero-order chi connectivity index (χ0) is 20.9. The third kappa shape index (κ3) is 2.98. The number of carbonyl (C=O) groups excluding carboxylic acids is 2. The molecule has 8 nitrogen and oxygen atoms in total. The highest BCUT2D eigenvalue weighted by atomic mass is 79.9. The van der Waals surface area contributed by atoms with Crippen molar-refractivity contribution in [1.29, 1.82) is 0 Å². The van der Waals surface area contributed by atoms with Crippen LogP contribution < -0.4 is 5.32 Å². The van der Waals surface area contributed by atoms with Crippen molar-refractivity contribution in [3.8, 4) is 11.5 Å². The molecule has 1 fully saturated rings. The molecule has 3 heterocycles. The summed E-state index contributed by atoms with van der Waals surface area (Å²) in [4.78, 5) is 26.7. The zero-order valence-corrected chi connectivity index (χ0v) is 17.3. The number of halogens is 1. The van der Waals surface area contributed by atoms with Gasteiger partial charge in [-0.15, -0.1) is 10.2 Å². The van der Waals surface area contributed by atoms with Gasteiger partial charge in [0.2, 0.25) is 11.8 Å². The van der Waals surface area contributed by atoms with Crippen LogP contribution in [0.2, 0.25) is 0 Å². The first-order chi connectivity index (χ1) is 14.4. The molecule has 3 amide bonds. The molecule has 2 aromatic heterocycles. The van der Waals surface area contributed by atoms with Crippen molar-refractivity contribution in [2.45, 2.75) is 19.0 Å². The molecular weight excluding hydrogens is 452 g/mol. The second kappa shape index (κ2) is 6.81. The van der Waals surface area contributed by atoms with E-state index in [0.29, 0.717) is 17.2 Å². The molecule has 0 unspecified atom stereocenters. The monoisotopic (exact) mass is 466 g/mol. The molecule has 1 atom stereocenters. The fraction of sp³-hybridized carbons (Fsp3) is 0.143. The first kappa shape index (κ1) is 18.6. The Kier molecular flexibility index (Phi) is 4.21. The predicted octanol–water partition coefficient (Wildman–Crippen LogP) is 4.21. The van der Waals surface area contributed by atoms with E-state index in [-0.39, 0.29) is 12.4 Å². The van der Waals surface area contributed by atoms with Gasteiger partial charge in [0.15, 0.2) is 5.54 Å². The average Bonchev–Trinajstić information content (AvgIpc) is 3.43. The Morgan fingerprint density at radius 3 is 2.60 bits per heavy atom. The van der Waals surface area contributed by atoms with Crippen LogP contribution >= 0.6 is 15.9 Å². The Morgan fingerprint density at radius 2 is 1.83 bits per heavy atom. The van der Waals surface area contributed by atoms with Crippen LogP contribution in [-0.2, 0) is 16.9 Å². The highest BCUT2D eigenvalue weighted by Gasteiger charge is 2.51. The second-order valence-corrected chi connectivity index (χ2v) is 8.02. The molecule has 1 saturated heterocycles. The van der Waals surface area contributed by atoms with Gasteiger partial charge in [0.1, 0.15) is 17.9 Å². The van der Waals surface area contributed by atoms with Crippen LogP contribution in [0.1, 0.15) is 18.6 Å². The molecule has 1 aliphatic heterocycles. The molecule has 1 N–H and O–H groups in total. The lowest BCUT2D eigenvalue weighted by Crippen LogP contribution is -2.40. The van der Waals surface area contributed by atoms with E-state index >= 15 is 0 Å². The van der Waals surface area contributed by atoms with Crippen LogP contribution in [0.3, 0.4) is 0 Å². The number of hydrogen-bond acceptors (Lipinski definition) is 6. The largest absolute Gasteiger partial charge is 0.458 e. The number of hydrogen-bond donors (Lipinski definition) is 1. The summed E-state index contributed by atoms with van der Waals surface area (Å²) in [6.07, 6.45) is 0. The standard InChI is InChI=1S/C21H15BrN4O4/c1-21(16-10-13-4-2-3-5-15(13)29-16)19(27)26(20(28)23-21)11-17-24-25-18(30-17)12-6-8-14(22)9-7-12/h2-10H,11H2,1H3,(H,23,28)/t21-/m1/s1. The van der Waals surface area contributed by atoms with Crippen LogP contribution in [0.4, 0.5) is 4.79 Å². The summed E-state index contributed by atoms with van der Waals surface area (Å²) in [6, 6.07) is 16.0. The highest BCUT2D eigenvalue weighted by molar-refractivity contribution is 9.10. The average molecular weight is 467 g/mol.